The summed E-state index contributed by atoms with van der Waals surface area (Å²) in [6.45, 7) is 7.22. The maximum Gasteiger partial charge on any atom is 0.123 e. The number of hydrogen-bond acceptors (Lipinski definition) is 2. The molecule has 2 unspecified atom stereocenters. The Kier molecular flexibility index (Phi) is 6.30. The summed E-state index contributed by atoms with van der Waals surface area (Å²) in [6.07, 6.45) is 0.896. The molecule has 0 bridgehead atoms. The van der Waals surface area contributed by atoms with Crippen molar-refractivity contribution in [3.8, 4) is 0 Å². The van der Waals surface area contributed by atoms with Crippen LogP contribution in [0.15, 0.2) is 24.3 Å². The second kappa shape index (κ2) is 7.49. The van der Waals surface area contributed by atoms with E-state index in [0.29, 0.717) is 24.6 Å². The number of methoxy groups -OCH3 is 1. The monoisotopic (exact) mass is 253 g/mol. The highest BCUT2D eigenvalue weighted by Crippen LogP contribution is 2.08. The smallest absolute Gasteiger partial charge is 0.123 e. The zero-order valence-electron chi connectivity index (χ0n) is 11.7. The SMILES string of the molecule is COCC(NC(C)Cc1ccc(F)cc1)C(C)C. The molecular weight excluding hydrogens is 229 g/mol. The predicted octanol–water partition coefficient (Wildman–Crippen LogP) is 3.02. The maximum atomic E-state index is 12.8. The van der Waals surface area contributed by atoms with E-state index in [9.17, 15) is 4.39 Å². The van der Waals surface area contributed by atoms with Crippen LogP contribution in [-0.4, -0.2) is 25.8 Å². The first-order valence-corrected chi connectivity index (χ1v) is 6.52. The summed E-state index contributed by atoms with van der Waals surface area (Å²) >= 11 is 0. The molecule has 1 aromatic rings. The van der Waals surface area contributed by atoms with Gasteiger partial charge in [0.15, 0.2) is 0 Å². The van der Waals surface area contributed by atoms with Crippen molar-refractivity contribution < 1.29 is 9.13 Å². The van der Waals surface area contributed by atoms with Gasteiger partial charge in [-0.3, -0.25) is 0 Å². The fourth-order valence-corrected chi connectivity index (χ4v) is 2.01. The molecule has 102 valence electrons. The van der Waals surface area contributed by atoms with Crippen molar-refractivity contribution in [3.63, 3.8) is 0 Å². The van der Waals surface area contributed by atoms with Gasteiger partial charge in [-0.25, -0.2) is 4.39 Å². The molecule has 0 saturated carbocycles. The number of ether oxygens (including phenoxy) is 1. The molecule has 2 atom stereocenters. The Hall–Kier alpha value is -0.930. The average molecular weight is 253 g/mol. The van der Waals surface area contributed by atoms with Crippen LogP contribution < -0.4 is 5.32 Å². The molecule has 0 aromatic heterocycles. The molecule has 0 saturated heterocycles. The normalized spacial score (nSPS) is 14.8. The summed E-state index contributed by atoms with van der Waals surface area (Å²) in [7, 11) is 1.72. The highest BCUT2D eigenvalue weighted by atomic mass is 19.1. The molecule has 0 aliphatic heterocycles. The van der Waals surface area contributed by atoms with E-state index in [1.54, 1.807) is 7.11 Å². The van der Waals surface area contributed by atoms with Gasteiger partial charge in [0.25, 0.3) is 0 Å². The molecular formula is C15H24FNO. The Morgan fingerprint density at radius 1 is 1.17 bits per heavy atom. The van der Waals surface area contributed by atoms with E-state index in [-0.39, 0.29) is 5.82 Å². The predicted molar refractivity (Wildman–Crippen MR) is 73.2 cm³/mol. The molecule has 0 aliphatic carbocycles. The molecule has 0 radical (unpaired) electrons. The standard InChI is InChI=1S/C15H24FNO/c1-11(2)15(10-18-4)17-12(3)9-13-5-7-14(16)8-6-13/h5-8,11-12,15,17H,9-10H2,1-4H3. The van der Waals surface area contributed by atoms with Gasteiger partial charge in [0.2, 0.25) is 0 Å². The van der Waals surface area contributed by atoms with Gasteiger partial charge < -0.3 is 10.1 Å². The highest BCUT2D eigenvalue weighted by Gasteiger charge is 2.15. The minimum atomic E-state index is -0.182. The molecule has 18 heavy (non-hydrogen) atoms. The average Bonchev–Trinajstić information content (AvgIpc) is 2.31. The largest absolute Gasteiger partial charge is 0.383 e. The van der Waals surface area contributed by atoms with Crippen molar-refractivity contribution in [3.05, 3.63) is 35.6 Å². The van der Waals surface area contributed by atoms with Crippen molar-refractivity contribution >= 4 is 0 Å². The zero-order valence-corrected chi connectivity index (χ0v) is 11.7. The first kappa shape index (κ1) is 15.1. The lowest BCUT2D eigenvalue weighted by atomic mass is 10.0. The van der Waals surface area contributed by atoms with Crippen molar-refractivity contribution in [2.45, 2.75) is 39.3 Å². The minimum absolute atomic E-state index is 0.182. The van der Waals surface area contributed by atoms with Crippen molar-refractivity contribution in [2.24, 2.45) is 5.92 Å². The van der Waals surface area contributed by atoms with Crippen molar-refractivity contribution in [2.75, 3.05) is 13.7 Å². The Morgan fingerprint density at radius 2 is 1.78 bits per heavy atom. The van der Waals surface area contributed by atoms with Crippen LogP contribution in [0.25, 0.3) is 0 Å². The van der Waals surface area contributed by atoms with Crippen LogP contribution in [0.3, 0.4) is 0 Å². The van der Waals surface area contributed by atoms with Crippen LogP contribution in [0.4, 0.5) is 4.39 Å². The van der Waals surface area contributed by atoms with Crippen LogP contribution in [-0.2, 0) is 11.2 Å². The summed E-state index contributed by atoms with van der Waals surface area (Å²) in [5.41, 5.74) is 1.15. The lowest BCUT2D eigenvalue weighted by Gasteiger charge is -2.26. The van der Waals surface area contributed by atoms with E-state index >= 15 is 0 Å². The van der Waals surface area contributed by atoms with Gasteiger partial charge in [0, 0.05) is 19.2 Å². The van der Waals surface area contributed by atoms with Crippen LogP contribution in [0.5, 0.6) is 0 Å². The number of rotatable bonds is 7. The zero-order chi connectivity index (χ0) is 13.5. The molecule has 1 aromatic carbocycles. The lowest BCUT2D eigenvalue weighted by Crippen LogP contribution is -2.43. The van der Waals surface area contributed by atoms with E-state index in [0.717, 1.165) is 12.0 Å². The molecule has 3 heteroatoms. The Morgan fingerprint density at radius 3 is 2.28 bits per heavy atom. The second-order valence-corrected chi connectivity index (χ2v) is 5.20. The third-order valence-corrected chi connectivity index (χ3v) is 3.10. The Labute approximate surface area is 110 Å². The summed E-state index contributed by atoms with van der Waals surface area (Å²) in [6, 6.07) is 7.40. The Balaban J connectivity index is 2.49. The Bertz CT molecular complexity index is 337. The van der Waals surface area contributed by atoms with Crippen LogP contribution in [0.1, 0.15) is 26.3 Å². The molecule has 2 nitrogen and oxygen atoms in total. The van der Waals surface area contributed by atoms with Crippen molar-refractivity contribution in [1.82, 2.24) is 5.32 Å². The van der Waals surface area contributed by atoms with Gasteiger partial charge >= 0.3 is 0 Å². The first-order valence-electron chi connectivity index (χ1n) is 6.52. The fourth-order valence-electron chi connectivity index (χ4n) is 2.01. The number of halogens is 1. The van der Waals surface area contributed by atoms with E-state index in [2.05, 4.69) is 26.1 Å². The van der Waals surface area contributed by atoms with Gasteiger partial charge in [-0.1, -0.05) is 26.0 Å². The number of hydrogen-bond donors (Lipinski definition) is 1. The molecule has 0 heterocycles. The van der Waals surface area contributed by atoms with Gasteiger partial charge in [0.05, 0.1) is 6.61 Å². The molecule has 1 N–H and O–H groups in total. The lowest BCUT2D eigenvalue weighted by molar-refractivity contribution is 0.141. The highest BCUT2D eigenvalue weighted by molar-refractivity contribution is 5.17. The van der Waals surface area contributed by atoms with Crippen molar-refractivity contribution in [1.29, 1.82) is 0 Å². The third-order valence-electron chi connectivity index (χ3n) is 3.10. The summed E-state index contributed by atoms with van der Waals surface area (Å²) in [5.74, 6) is 0.347. The van der Waals surface area contributed by atoms with E-state index < -0.39 is 0 Å². The summed E-state index contributed by atoms with van der Waals surface area (Å²) < 4.78 is 18.0. The minimum Gasteiger partial charge on any atom is -0.383 e. The van der Waals surface area contributed by atoms with Crippen LogP contribution >= 0.6 is 0 Å². The van der Waals surface area contributed by atoms with Crippen LogP contribution in [0.2, 0.25) is 0 Å². The molecule has 0 fully saturated rings. The molecule has 0 aliphatic rings. The van der Waals surface area contributed by atoms with Gasteiger partial charge in [-0.05, 0) is 37.0 Å². The molecule has 1 rings (SSSR count). The topological polar surface area (TPSA) is 21.3 Å². The van der Waals surface area contributed by atoms with Gasteiger partial charge in [-0.2, -0.15) is 0 Å². The molecule has 0 spiro atoms. The van der Waals surface area contributed by atoms with E-state index in [1.165, 1.54) is 12.1 Å². The number of benzene rings is 1. The third kappa shape index (κ3) is 5.15. The second-order valence-electron chi connectivity index (χ2n) is 5.20. The van der Waals surface area contributed by atoms with E-state index in [1.807, 2.05) is 12.1 Å². The van der Waals surface area contributed by atoms with Gasteiger partial charge in [-0.15, -0.1) is 0 Å². The number of nitrogens with one attached hydrogen (secondary N) is 1. The summed E-state index contributed by atoms with van der Waals surface area (Å²) in [5, 5.41) is 3.56. The quantitative estimate of drug-likeness (QED) is 0.806. The van der Waals surface area contributed by atoms with Crippen LogP contribution in [0, 0.1) is 11.7 Å². The summed E-state index contributed by atoms with van der Waals surface area (Å²) in [4.78, 5) is 0. The fraction of sp³-hybridized carbons (Fsp3) is 0.600. The van der Waals surface area contributed by atoms with Gasteiger partial charge in [0.1, 0.15) is 5.82 Å². The first-order chi connectivity index (χ1) is 8.52. The molecule has 0 amide bonds. The van der Waals surface area contributed by atoms with E-state index in [4.69, 9.17) is 4.74 Å². The maximum absolute atomic E-state index is 12.8.